The highest BCUT2D eigenvalue weighted by Crippen LogP contribution is 2.30. The number of nitrogens with one attached hydrogen (secondary N) is 1. The van der Waals surface area contributed by atoms with Crippen molar-refractivity contribution in [1.29, 1.82) is 0 Å². The highest BCUT2D eigenvalue weighted by atomic mass is 16.5. The largest absolute Gasteiger partial charge is 0.493 e. The SMILES string of the molecule is CCCOc1ccc(C(C)NC(=O)c2occc2COc2ccccc2)cc1OC. The predicted molar refractivity (Wildman–Crippen MR) is 114 cm³/mol. The Labute approximate surface area is 176 Å². The Hall–Kier alpha value is -3.41. The van der Waals surface area contributed by atoms with Crippen LogP contribution in [-0.2, 0) is 6.61 Å². The lowest BCUT2D eigenvalue weighted by Crippen LogP contribution is -2.27. The van der Waals surface area contributed by atoms with Gasteiger partial charge in [-0.1, -0.05) is 31.2 Å². The normalized spacial score (nSPS) is 11.6. The Morgan fingerprint density at radius 1 is 1.07 bits per heavy atom. The van der Waals surface area contributed by atoms with Crippen molar-refractivity contribution in [2.24, 2.45) is 0 Å². The fourth-order valence-corrected chi connectivity index (χ4v) is 2.96. The average Bonchev–Trinajstić information content (AvgIpc) is 3.25. The smallest absolute Gasteiger partial charge is 0.287 e. The molecule has 3 aromatic rings. The second-order valence-corrected chi connectivity index (χ2v) is 6.83. The molecule has 0 aliphatic carbocycles. The van der Waals surface area contributed by atoms with Crippen LogP contribution in [0.5, 0.6) is 17.2 Å². The highest BCUT2D eigenvalue weighted by Gasteiger charge is 2.19. The van der Waals surface area contributed by atoms with E-state index in [0.29, 0.717) is 23.7 Å². The van der Waals surface area contributed by atoms with E-state index in [1.807, 2.05) is 62.4 Å². The van der Waals surface area contributed by atoms with E-state index in [4.69, 9.17) is 18.6 Å². The van der Waals surface area contributed by atoms with Crippen molar-refractivity contribution in [3.8, 4) is 17.2 Å². The van der Waals surface area contributed by atoms with Gasteiger partial charge in [0.15, 0.2) is 17.3 Å². The number of rotatable bonds is 10. The first-order chi connectivity index (χ1) is 14.6. The molecule has 1 N–H and O–H groups in total. The molecule has 0 fully saturated rings. The van der Waals surface area contributed by atoms with Crippen LogP contribution in [0.2, 0.25) is 0 Å². The number of para-hydroxylation sites is 1. The van der Waals surface area contributed by atoms with Gasteiger partial charge in [-0.05, 0) is 49.2 Å². The fourth-order valence-electron chi connectivity index (χ4n) is 2.96. The molecule has 3 rings (SSSR count). The molecule has 0 aliphatic rings. The topological polar surface area (TPSA) is 69.9 Å². The Balaban J connectivity index is 1.65. The van der Waals surface area contributed by atoms with Crippen LogP contribution in [0.4, 0.5) is 0 Å². The first kappa shape index (κ1) is 21.3. The zero-order valence-corrected chi connectivity index (χ0v) is 17.5. The predicted octanol–water partition coefficient (Wildman–Crippen LogP) is 5.15. The van der Waals surface area contributed by atoms with Crippen molar-refractivity contribution in [1.82, 2.24) is 5.32 Å². The zero-order valence-electron chi connectivity index (χ0n) is 17.5. The van der Waals surface area contributed by atoms with E-state index >= 15 is 0 Å². The number of methoxy groups -OCH3 is 1. The Morgan fingerprint density at radius 2 is 1.87 bits per heavy atom. The molecule has 1 atom stereocenters. The van der Waals surface area contributed by atoms with Gasteiger partial charge in [0.25, 0.3) is 5.91 Å². The van der Waals surface area contributed by atoms with E-state index in [1.54, 1.807) is 13.2 Å². The lowest BCUT2D eigenvalue weighted by Gasteiger charge is -2.17. The van der Waals surface area contributed by atoms with Crippen molar-refractivity contribution in [2.75, 3.05) is 13.7 Å². The summed E-state index contributed by atoms with van der Waals surface area (Å²) in [6, 6.07) is 16.6. The number of hydrogen-bond donors (Lipinski definition) is 1. The number of benzene rings is 2. The standard InChI is InChI=1S/C24H27NO5/c1-4-13-28-21-11-10-18(15-22(21)27-3)17(2)25-24(26)23-19(12-14-29-23)16-30-20-8-6-5-7-9-20/h5-12,14-15,17H,4,13,16H2,1-3H3,(H,25,26). The molecule has 6 heteroatoms. The van der Waals surface area contributed by atoms with Crippen LogP contribution < -0.4 is 19.5 Å². The molecule has 1 amide bonds. The molecule has 0 aliphatic heterocycles. The van der Waals surface area contributed by atoms with Crippen LogP contribution in [0.25, 0.3) is 0 Å². The molecule has 0 bridgehead atoms. The van der Waals surface area contributed by atoms with Crippen LogP contribution in [0.3, 0.4) is 0 Å². The van der Waals surface area contributed by atoms with Crippen LogP contribution in [0.15, 0.2) is 65.3 Å². The molecule has 30 heavy (non-hydrogen) atoms. The van der Waals surface area contributed by atoms with Crippen LogP contribution in [-0.4, -0.2) is 19.6 Å². The van der Waals surface area contributed by atoms with Gasteiger partial charge in [0.05, 0.1) is 26.0 Å². The van der Waals surface area contributed by atoms with Crippen LogP contribution >= 0.6 is 0 Å². The molecule has 0 radical (unpaired) electrons. The zero-order chi connectivity index (χ0) is 21.3. The maximum absolute atomic E-state index is 12.8. The summed E-state index contributed by atoms with van der Waals surface area (Å²) in [6.45, 7) is 4.82. The van der Waals surface area contributed by atoms with Gasteiger partial charge in [-0.3, -0.25) is 4.79 Å². The third-order valence-electron chi connectivity index (χ3n) is 4.59. The van der Waals surface area contributed by atoms with E-state index in [1.165, 1.54) is 6.26 Å². The van der Waals surface area contributed by atoms with Gasteiger partial charge in [-0.2, -0.15) is 0 Å². The Kier molecular flexibility index (Phi) is 7.38. The minimum Gasteiger partial charge on any atom is -0.493 e. The summed E-state index contributed by atoms with van der Waals surface area (Å²) >= 11 is 0. The van der Waals surface area contributed by atoms with Gasteiger partial charge in [0.1, 0.15) is 12.4 Å². The monoisotopic (exact) mass is 409 g/mol. The molecular formula is C24H27NO5. The summed E-state index contributed by atoms with van der Waals surface area (Å²) in [4.78, 5) is 12.8. The van der Waals surface area contributed by atoms with Crippen LogP contribution in [0, 0.1) is 0 Å². The summed E-state index contributed by atoms with van der Waals surface area (Å²) in [5, 5.41) is 2.97. The number of carbonyl (C=O) groups is 1. The second kappa shape index (κ2) is 10.4. The summed E-state index contributed by atoms with van der Waals surface area (Å²) in [5.41, 5.74) is 1.59. The van der Waals surface area contributed by atoms with Gasteiger partial charge in [-0.15, -0.1) is 0 Å². The summed E-state index contributed by atoms with van der Waals surface area (Å²) in [5.74, 6) is 2.00. The third kappa shape index (κ3) is 5.35. The molecule has 1 aromatic heterocycles. The minimum absolute atomic E-state index is 0.243. The first-order valence-corrected chi connectivity index (χ1v) is 9.98. The maximum Gasteiger partial charge on any atom is 0.287 e. The molecular weight excluding hydrogens is 382 g/mol. The van der Waals surface area contributed by atoms with Gasteiger partial charge < -0.3 is 23.9 Å². The van der Waals surface area contributed by atoms with Crippen molar-refractivity contribution in [3.05, 3.63) is 77.7 Å². The number of ether oxygens (including phenoxy) is 3. The number of amides is 1. The van der Waals surface area contributed by atoms with E-state index < -0.39 is 0 Å². The fraction of sp³-hybridized carbons (Fsp3) is 0.292. The molecule has 0 saturated heterocycles. The minimum atomic E-state index is -0.301. The molecule has 1 unspecified atom stereocenters. The van der Waals surface area contributed by atoms with Crippen molar-refractivity contribution in [2.45, 2.75) is 32.9 Å². The second-order valence-electron chi connectivity index (χ2n) is 6.83. The Morgan fingerprint density at radius 3 is 2.60 bits per heavy atom. The van der Waals surface area contributed by atoms with Gasteiger partial charge in [-0.25, -0.2) is 0 Å². The quantitative estimate of drug-likeness (QED) is 0.502. The summed E-state index contributed by atoms with van der Waals surface area (Å²) in [6.07, 6.45) is 2.41. The van der Waals surface area contributed by atoms with Crippen molar-refractivity contribution >= 4 is 5.91 Å². The summed E-state index contributed by atoms with van der Waals surface area (Å²) in [7, 11) is 1.60. The van der Waals surface area contributed by atoms with Gasteiger partial charge in [0, 0.05) is 5.56 Å². The van der Waals surface area contributed by atoms with E-state index in [2.05, 4.69) is 5.32 Å². The number of furan rings is 1. The number of carbonyl (C=O) groups excluding carboxylic acids is 1. The van der Waals surface area contributed by atoms with E-state index in [-0.39, 0.29) is 24.3 Å². The lowest BCUT2D eigenvalue weighted by atomic mass is 10.1. The highest BCUT2D eigenvalue weighted by molar-refractivity contribution is 5.93. The van der Waals surface area contributed by atoms with Gasteiger partial charge in [0.2, 0.25) is 0 Å². The lowest BCUT2D eigenvalue weighted by molar-refractivity contribution is 0.0908. The van der Waals surface area contributed by atoms with E-state index in [0.717, 1.165) is 17.7 Å². The molecule has 0 spiro atoms. The van der Waals surface area contributed by atoms with Crippen molar-refractivity contribution < 1.29 is 23.4 Å². The van der Waals surface area contributed by atoms with Crippen LogP contribution in [0.1, 0.15) is 48.0 Å². The summed E-state index contributed by atoms with van der Waals surface area (Å²) < 4.78 is 22.3. The average molecular weight is 409 g/mol. The Bertz CT molecular complexity index is 951. The van der Waals surface area contributed by atoms with E-state index in [9.17, 15) is 4.79 Å². The first-order valence-electron chi connectivity index (χ1n) is 9.98. The third-order valence-corrected chi connectivity index (χ3v) is 4.59. The molecule has 0 saturated carbocycles. The number of hydrogen-bond acceptors (Lipinski definition) is 5. The molecule has 6 nitrogen and oxygen atoms in total. The van der Waals surface area contributed by atoms with Gasteiger partial charge >= 0.3 is 0 Å². The molecule has 2 aromatic carbocycles. The van der Waals surface area contributed by atoms with Crippen molar-refractivity contribution in [3.63, 3.8) is 0 Å². The molecule has 1 heterocycles. The molecule has 158 valence electrons. The maximum atomic E-state index is 12.8.